The third-order valence-corrected chi connectivity index (χ3v) is 3.81. The van der Waals surface area contributed by atoms with Crippen LogP contribution in [-0.2, 0) is 0 Å². The molecule has 0 saturated carbocycles. The molecular formula is C13H10N4OS. The monoisotopic (exact) mass is 270 g/mol. The third-order valence-electron chi connectivity index (χ3n) is 2.90. The van der Waals surface area contributed by atoms with Crippen molar-refractivity contribution >= 4 is 16.8 Å². The molecule has 94 valence electrons. The van der Waals surface area contributed by atoms with Gasteiger partial charge in [-0.15, -0.1) is 0 Å². The fourth-order valence-corrected chi connectivity index (χ4v) is 2.88. The molecule has 0 aromatic heterocycles. The van der Waals surface area contributed by atoms with Crippen molar-refractivity contribution in [1.29, 1.82) is 15.9 Å². The minimum Gasteiger partial charge on any atom is -0.508 e. The van der Waals surface area contributed by atoms with Crippen molar-refractivity contribution in [2.24, 2.45) is 11.7 Å². The molecule has 0 aliphatic carbocycles. The number of phenols is 1. The summed E-state index contributed by atoms with van der Waals surface area (Å²) in [6.45, 7) is 0. The van der Waals surface area contributed by atoms with Gasteiger partial charge in [-0.2, -0.15) is 10.5 Å². The molecule has 1 heterocycles. The highest BCUT2D eigenvalue weighted by molar-refractivity contribution is 8.17. The van der Waals surface area contributed by atoms with Crippen molar-refractivity contribution in [3.05, 3.63) is 40.4 Å². The minimum absolute atomic E-state index is 0.0507. The third kappa shape index (κ3) is 2.26. The summed E-state index contributed by atoms with van der Waals surface area (Å²) in [4.78, 5) is 0. The number of nitriles is 2. The topological polar surface area (TPSA) is 118 Å². The van der Waals surface area contributed by atoms with Crippen molar-refractivity contribution in [2.75, 3.05) is 0 Å². The van der Waals surface area contributed by atoms with Gasteiger partial charge in [-0.1, -0.05) is 23.9 Å². The molecule has 2 atom stereocenters. The number of nitrogens with one attached hydrogen (secondary N) is 1. The average molecular weight is 270 g/mol. The Morgan fingerprint density at radius 3 is 2.68 bits per heavy atom. The zero-order valence-electron chi connectivity index (χ0n) is 9.79. The number of rotatable bonds is 1. The molecule has 0 spiro atoms. The molecule has 0 bridgehead atoms. The highest BCUT2D eigenvalue weighted by atomic mass is 32.2. The highest BCUT2D eigenvalue weighted by Gasteiger charge is 2.37. The van der Waals surface area contributed by atoms with Gasteiger partial charge in [0.15, 0.2) is 0 Å². The molecule has 1 aromatic carbocycles. The molecule has 0 amide bonds. The summed E-state index contributed by atoms with van der Waals surface area (Å²) in [6.07, 6.45) is 0. The Kier molecular flexibility index (Phi) is 3.46. The number of hydrogen-bond acceptors (Lipinski definition) is 6. The molecule has 1 aliphatic rings. The van der Waals surface area contributed by atoms with Gasteiger partial charge in [0.2, 0.25) is 0 Å². The van der Waals surface area contributed by atoms with Crippen LogP contribution in [-0.4, -0.2) is 10.2 Å². The van der Waals surface area contributed by atoms with Crippen LogP contribution in [0.1, 0.15) is 11.5 Å². The van der Waals surface area contributed by atoms with E-state index in [2.05, 4.69) is 0 Å². The quantitative estimate of drug-likeness (QED) is 0.721. The second kappa shape index (κ2) is 5.05. The van der Waals surface area contributed by atoms with Crippen molar-refractivity contribution in [1.82, 2.24) is 0 Å². The summed E-state index contributed by atoms with van der Waals surface area (Å²) < 4.78 is 0. The Balaban J connectivity index is 2.62. The zero-order chi connectivity index (χ0) is 14.0. The molecule has 1 aliphatic heterocycles. The van der Waals surface area contributed by atoms with Gasteiger partial charge >= 0.3 is 0 Å². The summed E-state index contributed by atoms with van der Waals surface area (Å²) in [5.74, 6) is -1.31. The van der Waals surface area contributed by atoms with E-state index >= 15 is 0 Å². The van der Waals surface area contributed by atoms with Crippen LogP contribution >= 0.6 is 11.8 Å². The number of thioether (sulfide) groups is 1. The van der Waals surface area contributed by atoms with Crippen LogP contribution < -0.4 is 5.73 Å². The number of aromatic hydroxyl groups is 1. The van der Waals surface area contributed by atoms with E-state index in [9.17, 15) is 15.6 Å². The van der Waals surface area contributed by atoms with Crippen LogP contribution in [0.2, 0.25) is 0 Å². The number of nitrogens with zero attached hydrogens (tertiary/aromatic N) is 2. The molecule has 6 heteroatoms. The van der Waals surface area contributed by atoms with Crippen LogP contribution in [0.15, 0.2) is 34.9 Å². The maximum Gasteiger partial charge on any atom is 0.115 e. The van der Waals surface area contributed by atoms with Crippen LogP contribution in [0.3, 0.4) is 0 Å². The van der Waals surface area contributed by atoms with E-state index in [4.69, 9.17) is 11.1 Å². The lowest BCUT2D eigenvalue weighted by Crippen LogP contribution is -2.26. The first-order chi connectivity index (χ1) is 9.08. The number of benzene rings is 1. The van der Waals surface area contributed by atoms with E-state index in [0.29, 0.717) is 5.56 Å². The van der Waals surface area contributed by atoms with Crippen LogP contribution in [0.4, 0.5) is 0 Å². The Bertz CT molecular complexity index is 653. The Morgan fingerprint density at radius 1 is 1.37 bits per heavy atom. The Morgan fingerprint density at radius 2 is 2.11 bits per heavy atom. The fraction of sp³-hybridized carbons (Fsp3) is 0.154. The first-order valence-electron chi connectivity index (χ1n) is 5.43. The molecule has 1 aromatic rings. The molecule has 0 saturated heterocycles. The van der Waals surface area contributed by atoms with Crippen LogP contribution in [0, 0.1) is 34.0 Å². The first-order valence-corrected chi connectivity index (χ1v) is 6.24. The van der Waals surface area contributed by atoms with Crippen molar-refractivity contribution in [2.45, 2.75) is 5.92 Å². The Hall–Kier alpha value is -2.44. The SMILES string of the molecule is N#CC1=C(N)SC(=N)[C@@H](C#N)[C@H]1c1cccc(O)c1. The van der Waals surface area contributed by atoms with Crippen molar-refractivity contribution in [3.8, 4) is 17.9 Å². The van der Waals surface area contributed by atoms with E-state index in [1.54, 1.807) is 12.1 Å². The molecule has 4 N–H and O–H groups in total. The van der Waals surface area contributed by atoms with Crippen LogP contribution in [0.25, 0.3) is 0 Å². The number of hydrogen-bond donors (Lipinski definition) is 3. The standard InChI is InChI=1S/C13H10N4OS/c14-5-9-11(7-2-1-3-8(18)4-7)10(6-15)13(17)19-12(9)16/h1-4,9,11,16,18H,17H2/t9-,11+/m0/s1. The van der Waals surface area contributed by atoms with Gasteiger partial charge in [0.1, 0.15) is 11.7 Å². The van der Waals surface area contributed by atoms with Gasteiger partial charge in [0.05, 0.1) is 27.8 Å². The van der Waals surface area contributed by atoms with Gasteiger partial charge in [-0.25, -0.2) is 0 Å². The smallest absolute Gasteiger partial charge is 0.115 e. The normalized spacial score (nSPS) is 22.7. The zero-order valence-corrected chi connectivity index (χ0v) is 10.6. The molecule has 2 rings (SSSR count). The largest absolute Gasteiger partial charge is 0.508 e. The molecular weight excluding hydrogens is 260 g/mol. The number of allylic oxidation sites excluding steroid dienone is 1. The second-order valence-electron chi connectivity index (χ2n) is 4.04. The highest BCUT2D eigenvalue weighted by Crippen LogP contribution is 2.42. The Labute approximate surface area is 114 Å². The average Bonchev–Trinajstić information content (AvgIpc) is 2.38. The predicted octanol–water partition coefficient (Wildman–Crippen LogP) is 2.03. The fourth-order valence-electron chi connectivity index (χ4n) is 2.04. The van der Waals surface area contributed by atoms with Crippen LogP contribution in [0.5, 0.6) is 5.75 Å². The van der Waals surface area contributed by atoms with E-state index in [1.807, 2.05) is 12.1 Å². The summed E-state index contributed by atoms with van der Waals surface area (Å²) in [7, 11) is 0. The maximum absolute atomic E-state index is 9.52. The molecule has 0 radical (unpaired) electrons. The lowest BCUT2D eigenvalue weighted by atomic mass is 9.81. The lowest BCUT2D eigenvalue weighted by molar-refractivity contribution is 0.474. The minimum atomic E-state index is -0.756. The van der Waals surface area contributed by atoms with Crippen molar-refractivity contribution in [3.63, 3.8) is 0 Å². The molecule has 0 unspecified atom stereocenters. The van der Waals surface area contributed by atoms with Crippen molar-refractivity contribution < 1.29 is 5.11 Å². The van der Waals surface area contributed by atoms with E-state index < -0.39 is 11.8 Å². The summed E-state index contributed by atoms with van der Waals surface area (Å²) in [5.41, 5.74) is 6.65. The summed E-state index contributed by atoms with van der Waals surface area (Å²) in [6, 6.07) is 10.4. The lowest BCUT2D eigenvalue weighted by Gasteiger charge is -2.27. The summed E-state index contributed by atoms with van der Waals surface area (Å²) in [5, 5.41) is 36.2. The molecule has 19 heavy (non-hydrogen) atoms. The molecule has 5 nitrogen and oxygen atoms in total. The van der Waals surface area contributed by atoms with E-state index in [-0.39, 0.29) is 21.4 Å². The summed E-state index contributed by atoms with van der Waals surface area (Å²) >= 11 is 0.942. The molecule has 0 fully saturated rings. The maximum atomic E-state index is 9.52. The van der Waals surface area contributed by atoms with Gasteiger partial charge in [0, 0.05) is 5.92 Å². The van der Waals surface area contributed by atoms with Gasteiger partial charge in [0.25, 0.3) is 0 Å². The van der Waals surface area contributed by atoms with Gasteiger partial charge in [-0.3, -0.25) is 5.41 Å². The predicted molar refractivity (Wildman–Crippen MR) is 72.1 cm³/mol. The second-order valence-corrected chi connectivity index (χ2v) is 5.12. The number of phenolic OH excluding ortho intramolecular Hbond substituents is 1. The van der Waals surface area contributed by atoms with Gasteiger partial charge in [-0.05, 0) is 17.7 Å². The van der Waals surface area contributed by atoms with E-state index in [1.165, 1.54) is 12.1 Å². The van der Waals surface area contributed by atoms with Gasteiger partial charge < -0.3 is 10.8 Å². The van der Waals surface area contributed by atoms with E-state index in [0.717, 1.165) is 11.8 Å². The first kappa shape index (κ1) is 13.0. The number of nitrogens with two attached hydrogens (primary N) is 1.